The van der Waals surface area contributed by atoms with E-state index < -0.39 is 12.1 Å². The average molecular weight is 334 g/mol. The molecule has 0 heterocycles. The lowest BCUT2D eigenvalue weighted by atomic mass is 10.1. The Morgan fingerprint density at radius 1 is 1.04 bits per heavy atom. The molecule has 1 atom stereocenters. The summed E-state index contributed by atoms with van der Waals surface area (Å²) in [6.07, 6.45) is -0.894. The average Bonchev–Trinajstić information content (AvgIpc) is 2.52. The Bertz CT molecular complexity index is 611. The molecule has 1 aromatic rings. The molecule has 0 saturated heterocycles. The summed E-state index contributed by atoms with van der Waals surface area (Å²) in [7, 11) is 0. The van der Waals surface area contributed by atoms with Crippen molar-refractivity contribution < 1.29 is 19.1 Å². The van der Waals surface area contributed by atoms with Crippen LogP contribution in [0.4, 0.5) is 0 Å². The minimum Gasteiger partial charge on any atom is -0.451 e. The second kappa shape index (κ2) is 9.05. The molecule has 2 amide bonds. The lowest BCUT2D eigenvalue weighted by Crippen LogP contribution is -2.39. The number of amides is 2. The molecular formula is C18H26N2O4. The van der Waals surface area contributed by atoms with Crippen LogP contribution in [0.25, 0.3) is 0 Å². The standard InChI is InChI=1S/C18H26N2O4/c1-11(2)9-19-17(22)14(5)24-16(21)10-20-18(23)15-7-6-12(3)13(4)8-15/h6-8,11,14H,9-10H2,1-5H3,(H,19,22)(H,20,23)/t14-/m0/s1. The number of hydrogen-bond donors (Lipinski definition) is 2. The molecule has 2 N–H and O–H groups in total. The van der Waals surface area contributed by atoms with Crippen molar-refractivity contribution in [3.63, 3.8) is 0 Å². The van der Waals surface area contributed by atoms with Crippen LogP contribution in [-0.4, -0.2) is 37.0 Å². The van der Waals surface area contributed by atoms with Crippen LogP contribution in [0, 0.1) is 19.8 Å². The normalized spacial score (nSPS) is 11.8. The van der Waals surface area contributed by atoms with Crippen LogP contribution >= 0.6 is 0 Å². The van der Waals surface area contributed by atoms with Gasteiger partial charge in [0, 0.05) is 12.1 Å². The van der Waals surface area contributed by atoms with Crippen LogP contribution < -0.4 is 10.6 Å². The van der Waals surface area contributed by atoms with Crippen molar-refractivity contribution in [1.29, 1.82) is 0 Å². The van der Waals surface area contributed by atoms with Gasteiger partial charge < -0.3 is 15.4 Å². The maximum Gasteiger partial charge on any atom is 0.326 e. The minimum atomic E-state index is -0.894. The molecule has 0 saturated carbocycles. The Morgan fingerprint density at radius 3 is 2.29 bits per heavy atom. The Labute approximate surface area is 143 Å². The first-order chi connectivity index (χ1) is 11.2. The third kappa shape index (κ3) is 6.40. The van der Waals surface area contributed by atoms with Gasteiger partial charge >= 0.3 is 5.97 Å². The van der Waals surface area contributed by atoms with E-state index in [2.05, 4.69) is 10.6 Å². The summed E-state index contributed by atoms with van der Waals surface area (Å²) in [6.45, 7) is 9.55. The van der Waals surface area contributed by atoms with Crippen molar-refractivity contribution in [3.8, 4) is 0 Å². The summed E-state index contributed by atoms with van der Waals surface area (Å²) in [6, 6.07) is 5.31. The van der Waals surface area contributed by atoms with Crippen LogP contribution in [0.2, 0.25) is 0 Å². The predicted octanol–water partition coefficient (Wildman–Crippen LogP) is 1.74. The Hall–Kier alpha value is -2.37. The van der Waals surface area contributed by atoms with E-state index in [9.17, 15) is 14.4 Å². The van der Waals surface area contributed by atoms with Crippen molar-refractivity contribution in [2.24, 2.45) is 5.92 Å². The third-order valence-corrected chi connectivity index (χ3v) is 3.52. The lowest BCUT2D eigenvalue weighted by molar-refractivity contribution is -0.153. The fourth-order valence-electron chi connectivity index (χ4n) is 1.88. The van der Waals surface area contributed by atoms with Gasteiger partial charge in [0.1, 0.15) is 6.54 Å². The van der Waals surface area contributed by atoms with Gasteiger partial charge in [-0.1, -0.05) is 19.9 Å². The summed E-state index contributed by atoms with van der Waals surface area (Å²) in [5, 5.41) is 5.18. The molecule has 0 aliphatic rings. The number of esters is 1. The van der Waals surface area contributed by atoms with E-state index in [1.807, 2.05) is 33.8 Å². The number of benzene rings is 1. The largest absolute Gasteiger partial charge is 0.451 e. The van der Waals surface area contributed by atoms with Crippen LogP contribution in [0.15, 0.2) is 18.2 Å². The highest BCUT2D eigenvalue weighted by Crippen LogP contribution is 2.09. The van der Waals surface area contributed by atoms with E-state index in [0.717, 1.165) is 11.1 Å². The highest BCUT2D eigenvalue weighted by atomic mass is 16.5. The Kier molecular flexibility index (Phi) is 7.42. The fraction of sp³-hybridized carbons (Fsp3) is 0.500. The van der Waals surface area contributed by atoms with Crippen molar-refractivity contribution in [2.45, 2.75) is 40.7 Å². The summed E-state index contributed by atoms with van der Waals surface area (Å²) in [5.41, 5.74) is 2.57. The first-order valence-corrected chi connectivity index (χ1v) is 8.03. The molecule has 24 heavy (non-hydrogen) atoms. The van der Waals surface area contributed by atoms with Crippen molar-refractivity contribution in [3.05, 3.63) is 34.9 Å². The highest BCUT2D eigenvalue weighted by molar-refractivity contribution is 5.96. The first kappa shape index (κ1) is 19.7. The fourth-order valence-corrected chi connectivity index (χ4v) is 1.88. The smallest absolute Gasteiger partial charge is 0.326 e. The zero-order valence-corrected chi connectivity index (χ0v) is 14.9. The van der Waals surface area contributed by atoms with Crippen molar-refractivity contribution in [1.82, 2.24) is 10.6 Å². The molecule has 0 radical (unpaired) electrons. The molecular weight excluding hydrogens is 308 g/mol. The van der Waals surface area contributed by atoms with Gasteiger partial charge in [-0.15, -0.1) is 0 Å². The number of ether oxygens (including phenoxy) is 1. The van der Waals surface area contributed by atoms with Gasteiger partial charge in [-0.3, -0.25) is 14.4 Å². The van der Waals surface area contributed by atoms with E-state index in [1.165, 1.54) is 6.92 Å². The van der Waals surface area contributed by atoms with Gasteiger partial charge in [-0.2, -0.15) is 0 Å². The number of carbonyl (C=O) groups is 3. The van der Waals surface area contributed by atoms with E-state index in [1.54, 1.807) is 12.1 Å². The van der Waals surface area contributed by atoms with E-state index in [-0.39, 0.29) is 18.4 Å². The Balaban J connectivity index is 2.43. The van der Waals surface area contributed by atoms with Gasteiger partial charge in [-0.25, -0.2) is 0 Å². The molecule has 0 unspecified atom stereocenters. The van der Waals surface area contributed by atoms with Gasteiger partial charge in [0.15, 0.2) is 6.10 Å². The van der Waals surface area contributed by atoms with Crippen LogP contribution in [-0.2, 0) is 14.3 Å². The second-order valence-corrected chi connectivity index (χ2v) is 6.25. The Morgan fingerprint density at radius 2 is 1.71 bits per heavy atom. The SMILES string of the molecule is Cc1ccc(C(=O)NCC(=O)O[C@@H](C)C(=O)NCC(C)C)cc1C. The molecule has 0 bridgehead atoms. The first-order valence-electron chi connectivity index (χ1n) is 8.03. The summed E-state index contributed by atoms with van der Waals surface area (Å²) >= 11 is 0. The molecule has 6 heteroatoms. The third-order valence-electron chi connectivity index (χ3n) is 3.52. The van der Waals surface area contributed by atoms with Crippen LogP contribution in [0.1, 0.15) is 42.3 Å². The molecule has 1 aromatic carbocycles. The molecule has 0 spiro atoms. The van der Waals surface area contributed by atoms with Crippen molar-refractivity contribution in [2.75, 3.05) is 13.1 Å². The van der Waals surface area contributed by atoms with Gasteiger partial charge in [0.05, 0.1) is 0 Å². The molecule has 0 aromatic heterocycles. The topological polar surface area (TPSA) is 84.5 Å². The molecule has 0 aliphatic heterocycles. The molecule has 6 nitrogen and oxygen atoms in total. The van der Waals surface area contributed by atoms with E-state index in [0.29, 0.717) is 18.0 Å². The second-order valence-electron chi connectivity index (χ2n) is 6.25. The van der Waals surface area contributed by atoms with E-state index >= 15 is 0 Å². The number of aryl methyl sites for hydroxylation is 2. The predicted molar refractivity (Wildman–Crippen MR) is 91.7 cm³/mol. The molecule has 0 fully saturated rings. The van der Waals surface area contributed by atoms with Gasteiger partial charge in [-0.05, 0) is 49.9 Å². The van der Waals surface area contributed by atoms with Crippen molar-refractivity contribution >= 4 is 17.8 Å². The van der Waals surface area contributed by atoms with Crippen LogP contribution in [0.3, 0.4) is 0 Å². The lowest BCUT2D eigenvalue weighted by Gasteiger charge is -2.15. The minimum absolute atomic E-state index is 0.284. The number of hydrogen-bond acceptors (Lipinski definition) is 4. The molecule has 132 valence electrons. The van der Waals surface area contributed by atoms with Gasteiger partial charge in [0.2, 0.25) is 0 Å². The number of rotatable bonds is 7. The zero-order valence-electron chi connectivity index (χ0n) is 14.9. The summed E-state index contributed by atoms with van der Waals surface area (Å²) < 4.78 is 5.01. The molecule has 0 aliphatic carbocycles. The quantitative estimate of drug-likeness (QED) is 0.744. The monoisotopic (exact) mass is 334 g/mol. The van der Waals surface area contributed by atoms with Crippen LogP contribution in [0.5, 0.6) is 0 Å². The van der Waals surface area contributed by atoms with E-state index in [4.69, 9.17) is 4.74 Å². The maximum absolute atomic E-state index is 12.0. The highest BCUT2D eigenvalue weighted by Gasteiger charge is 2.18. The maximum atomic E-state index is 12.0. The summed E-state index contributed by atoms with van der Waals surface area (Å²) in [4.78, 5) is 35.5. The molecule has 1 rings (SSSR count). The zero-order chi connectivity index (χ0) is 18.3. The summed E-state index contributed by atoms with van der Waals surface area (Å²) in [5.74, 6) is -1.04. The van der Waals surface area contributed by atoms with Gasteiger partial charge in [0.25, 0.3) is 11.8 Å². The number of carbonyl (C=O) groups excluding carboxylic acids is 3. The number of nitrogens with one attached hydrogen (secondary N) is 2.